The first-order chi connectivity index (χ1) is 17.3. The topological polar surface area (TPSA) is 114 Å². The summed E-state index contributed by atoms with van der Waals surface area (Å²) in [6.07, 6.45) is 0.501. The van der Waals surface area contributed by atoms with Gasteiger partial charge in [-0.2, -0.15) is 0 Å². The number of carbonyl (C=O) groups is 2. The summed E-state index contributed by atoms with van der Waals surface area (Å²) in [5, 5.41) is 5.23. The van der Waals surface area contributed by atoms with E-state index in [1.807, 2.05) is 0 Å². The third-order valence-corrected chi connectivity index (χ3v) is 8.92. The summed E-state index contributed by atoms with van der Waals surface area (Å²) >= 11 is 0. The molecule has 2 N–H and O–H groups in total. The Morgan fingerprint density at radius 2 is 1.72 bits per heavy atom. The maximum Gasteiger partial charge on any atom is 0.316 e. The highest BCUT2D eigenvalue weighted by Gasteiger charge is 2.51. The fourth-order valence-corrected chi connectivity index (χ4v) is 6.64. The predicted molar refractivity (Wildman–Crippen MR) is 133 cm³/mol. The van der Waals surface area contributed by atoms with Crippen LogP contribution in [0.5, 0.6) is 11.5 Å². The quantitative estimate of drug-likeness (QED) is 0.530. The number of benzene rings is 3. The molecule has 0 bridgehead atoms. The number of carbonyl (C=O) groups excluding carboxylic acids is 2. The van der Waals surface area contributed by atoms with Gasteiger partial charge < -0.3 is 25.0 Å². The Hall–Kier alpha value is -4.05. The van der Waals surface area contributed by atoms with Crippen molar-refractivity contribution in [3.05, 3.63) is 83.4 Å². The minimum atomic E-state index is -4.04. The van der Waals surface area contributed by atoms with Crippen LogP contribution in [0.4, 0.5) is 10.5 Å². The molecule has 1 unspecified atom stereocenters. The van der Waals surface area contributed by atoms with Crippen molar-refractivity contribution in [1.29, 1.82) is 0 Å². The van der Waals surface area contributed by atoms with Gasteiger partial charge in [0.1, 0.15) is 0 Å². The van der Waals surface area contributed by atoms with E-state index in [4.69, 9.17) is 9.47 Å². The van der Waals surface area contributed by atoms with E-state index in [-0.39, 0.29) is 17.3 Å². The van der Waals surface area contributed by atoms with Gasteiger partial charge in [0.15, 0.2) is 16.4 Å². The fraction of sp³-hybridized carbons (Fsp3) is 0.231. The molecular formula is C26H25N3O6S. The molecule has 3 aromatic carbocycles. The first-order valence-electron chi connectivity index (χ1n) is 11.3. The molecule has 0 saturated carbocycles. The van der Waals surface area contributed by atoms with Gasteiger partial charge in [-0.3, -0.25) is 4.79 Å². The Balaban J connectivity index is 1.49. The lowest BCUT2D eigenvalue weighted by molar-refractivity contribution is 0.0989. The van der Waals surface area contributed by atoms with Crippen molar-refractivity contribution in [3.63, 3.8) is 0 Å². The van der Waals surface area contributed by atoms with E-state index in [1.165, 1.54) is 20.3 Å². The number of urea groups is 1. The van der Waals surface area contributed by atoms with Crippen molar-refractivity contribution < 1.29 is 27.5 Å². The number of anilines is 1. The van der Waals surface area contributed by atoms with Crippen molar-refractivity contribution in [1.82, 2.24) is 10.6 Å². The Bertz CT molecular complexity index is 1460. The van der Waals surface area contributed by atoms with Crippen LogP contribution >= 0.6 is 0 Å². The zero-order valence-corrected chi connectivity index (χ0v) is 20.6. The number of ether oxygens (including phenoxy) is 2. The van der Waals surface area contributed by atoms with Crippen molar-refractivity contribution >= 4 is 27.5 Å². The van der Waals surface area contributed by atoms with E-state index in [1.54, 1.807) is 65.6 Å². The highest BCUT2D eigenvalue weighted by atomic mass is 32.2. The third-order valence-electron chi connectivity index (χ3n) is 6.64. The molecule has 3 amide bonds. The van der Waals surface area contributed by atoms with Crippen LogP contribution in [-0.2, 0) is 21.1 Å². The van der Waals surface area contributed by atoms with Gasteiger partial charge in [-0.1, -0.05) is 30.3 Å². The van der Waals surface area contributed by atoms with Crippen LogP contribution in [0.2, 0.25) is 0 Å². The van der Waals surface area contributed by atoms with Crippen LogP contribution in [-0.4, -0.2) is 47.7 Å². The number of nitrogens with one attached hydrogen (secondary N) is 2. The molecule has 9 nitrogen and oxygen atoms in total. The molecular weight excluding hydrogens is 482 g/mol. The van der Waals surface area contributed by atoms with Gasteiger partial charge >= 0.3 is 6.03 Å². The summed E-state index contributed by atoms with van der Waals surface area (Å²) in [4.78, 5) is 25.5. The summed E-state index contributed by atoms with van der Waals surface area (Å²) < 4.78 is 38.4. The Morgan fingerprint density at radius 3 is 2.39 bits per heavy atom. The van der Waals surface area contributed by atoms with E-state index >= 15 is 0 Å². The standard InChI is InChI=1S/C26H25N3O6S/c1-34-22-11-8-18(15-23(22)35-2)24(30)29-13-12-17-14-20(9-10-21(17)29)36(32,33)26(16-27-25(31)28-26)19-6-4-3-5-7-19/h3-11,14-15H,12-13,16H2,1-2H3,(H2,27,28,31). The molecule has 3 aromatic rings. The zero-order valence-electron chi connectivity index (χ0n) is 19.8. The molecule has 2 aliphatic heterocycles. The maximum absolute atomic E-state index is 13.9. The van der Waals surface area contributed by atoms with E-state index in [0.29, 0.717) is 41.3 Å². The number of sulfone groups is 1. The number of rotatable bonds is 6. The lowest BCUT2D eigenvalue weighted by Crippen LogP contribution is -2.47. The molecule has 1 fully saturated rings. The van der Waals surface area contributed by atoms with E-state index < -0.39 is 20.7 Å². The smallest absolute Gasteiger partial charge is 0.316 e. The van der Waals surface area contributed by atoms with Crippen molar-refractivity contribution in [2.75, 3.05) is 32.2 Å². The van der Waals surface area contributed by atoms with Crippen LogP contribution in [0.25, 0.3) is 0 Å². The van der Waals surface area contributed by atoms with Gasteiger partial charge in [0.2, 0.25) is 9.84 Å². The molecule has 2 aliphatic rings. The molecule has 2 heterocycles. The molecule has 5 rings (SSSR count). The molecule has 0 aliphatic carbocycles. The third kappa shape index (κ3) is 3.65. The maximum atomic E-state index is 13.9. The number of fused-ring (bicyclic) bond motifs is 1. The van der Waals surface area contributed by atoms with Gasteiger partial charge in [0.25, 0.3) is 5.91 Å². The number of amides is 3. The average Bonchev–Trinajstić information content (AvgIpc) is 3.52. The van der Waals surface area contributed by atoms with E-state index in [0.717, 1.165) is 5.56 Å². The molecule has 36 heavy (non-hydrogen) atoms. The normalized spacial score (nSPS) is 18.8. The summed E-state index contributed by atoms with van der Waals surface area (Å²) in [6, 6.07) is 17.8. The number of methoxy groups -OCH3 is 2. The van der Waals surface area contributed by atoms with Crippen LogP contribution in [0.3, 0.4) is 0 Å². The molecule has 0 spiro atoms. The molecule has 10 heteroatoms. The summed E-state index contributed by atoms with van der Waals surface area (Å²) in [7, 11) is -1.01. The summed E-state index contributed by atoms with van der Waals surface area (Å²) in [5.74, 6) is 0.743. The molecule has 0 aromatic heterocycles. The monoisotopic (exact) mass is 507 g/mol. The lowest BCUT2D eigenvalue weighted by atomic mass is 10.1. The average molecular weight is 508 g/mol. The lowest BCUT2D eigenvalue weighted by Gasteiger charge is -2.28. The Kier molecular flexibility index (Phi) is 5.83. The van der Waals surface area contributed by atoms with Crippen LogP contribution in [0.1, 0.15) is 21.5 Å². The second-order valence-electron chi connectivity index (χ2n) is 8.57. The first kappa shape index (κ1) is 23.7. The van der Waals surface area contributed by atoms with Gasteiger partial charge in [0.05, 0.1) is 25.7 Å². The van der Waals surface area contributed by atoms with E-state index in [2.05, 4.69) is 10.6 Å². The van der Waals surface area contributed by atoms with Crippen molar-refractivity contribution in [2.24, 2.45) is 0 Å². The van der Waals surface area contributed by atoms with E-state index in [9.17, 15) is 18.0 Å². The first-order valence-corrected chi connectivity index (χ1v) is 12.8. The molecule has 186 valence electrons. The number of nitrogens with zero attached hydrogens (tertiary/aromatic N) is 1. The summed E-state index contributed by atoms with van der Waals surface area (Å²) in [6.45, 7) is 0.313. The largest absolute Gasteiger partial charge is 0.493 e. The minimum absolute atomic E-state index is 0.0783. The Morgan fingerprint density at radius 1 is 0.972 bits per heavy atom. The molecule has 1 saturated heterocycles. The van der Waals surface area contributed by atoms with Gasteiger partial charge in [0, 0.05) is 17.8 Å². The van der Waals surface area contributed by atoms with Crippen LogP contribution in [0.15, 0.2) is 71.6 Å². The fourth-order valence-electron chi connectivity index (χ4n) is 4.76. The second kappa shape index (κ2) is 8.87. The van der Waals surface area contributed by atoms with Crippen LogP contribution < -0.4 is 25.0 Å². The predicted octanol–water partition coefficient (Wildman–Crippen LogP) is 2.85. The highest BCUT2D eigenvalue weighted by Crippen LogP contribution is 2.39. The SMILES string of the molecule is COc1ccc(C(=O)N2CCc3cc(S(=O)(=O)C4(c5ccccc5)CNC(=O)N4)ccc32)cc1OC. The number of hydrogen-bond acceptors (Lipinski definition) is 6. The second-order valence-corrected chi connectivity index (χ2v) is 10.7. The highest BCUT2D eigenvalue weighted by molar-refractivity contribution is 7.92. The number of hydrogen-bond donors (Lipinski definition) is 2. The van der Waals surface area contributed by atoms with Gasteiger partial charge in [-0.25, -0.2) is 13.2 Å². The minimum Gasteiger partial charge on any atom is -0.493 e. The van der Waals surface area contributed by atoms with Crippen molar-refractivity contribution in [2.45, 2.75) is 16.2 Å². The molecule has 1 atom stereocenters. The van der Waals surface area contributed by atoms with Crippen LogP contribution in [0, 0.1) is 0 Å². The van der Waals surface area contributed by atoms with Crippen molar-refractivity contribution in [3.8, 4) is 11.5 Å². The Labute approximate surface area is 208 Å². The summed E-state index contributed by atoms with van der Waals surface area (Å²) in [5.41, 5.74) is 2.29. The van der Waals surface area contributed by atoms with Gasteiger partial charge in [-0.05, 0) is 53.9 Å². The molecule has 0 radical (unpaired) electrons. The zero-order chi connectivity index (χ0) is 25.5. The van der Waals surface area contributed by atoms with Gasteiger partial charge in [-0.15, -0.1) is 0 Å².